The highest BCUT2D eigenvalue weighted by Crippen LogP contribution is 2.15. The third-order valence-electron chi connectivity index (χ3n) is 3.87. The first kappa shape index (κ1) is 22.5. The number of halogens is 1. The molecule has 0 fully saturated rings. The van der Waals surface area contributed by atoms with Crippen LogP contribution in [0.5, 0.6) is 0 Å². The molecule has 0 saturated heterocycles. The van der Waals surface area contributed by atoms with Crippen LogP contribution < -0.4 is 21.7 Å². The van der Waals surface area contributed by atoms with Crippen molar-refractivity contribution in [3.8, 4) is 0 Å². The maximum absolute atomic E-state index is 12.2. The van der Waals surface area contributed by atoms with Crippen LogP contribution in [0, 0.1) is 0 Å². The van der Waals surface area contributed by atoms with Gasteiger partial charge in [0.15, 0.2) is 6.61 Å². The van der Waals surface area contributed by atoms with Crippen LogP contribution >= 0.6 is 15.9 Å². The fourth-order valence-corrected chi connectivity index (χ4v) is 3.83. The monoisotopic (exact) mass is 488 g/mol. The minimum Gasteiger partial charge on any atom is -0.456 e. The molecule has 1 aromatic carbocycles. The van der Waals surface area contributed by atoms with Crippen LogP contribution in [0.4, 0.5) is 5.82 Å². The SMILES string of the molecule is Cn1c(N)c(C(=O)COC(=O)CNS(=O)(=O)c2cccc(Br)c2)c(=O)n(C)c1=O. The van der Waals surface area contributed by atoms with Crippen LogP contribution in [0.2, 0.25) is 0 Å². The Bertz CT molecular complexity index is 1200. The number of nitrogens with two attached hydrogens (primary N) is 1. The van der Waals surface area contributed by atoms with Gasteiger partial charge in [-0.1, -0.05) is 22.0 Å². The summed E-state index contributed by atoms with van der Waals surface area (Å²) >= 11 is 3.14. The van der Waals surface area contributed by atoms with Gasteiger partial charge in [0.1, 0.15) is 17.9 Å². The Balaban J connectivity index is 2.04. The Labute approximate surface area is 173 Å². The number of sulfonamides is 1. The average Bonchev–Trinajstić information content (AvgIpc) is 2.68. The Hall–Kier alpha value is -2.77. The second kappa shape index (κ2) is 8.71. The number of Topliss-reactive ketones (excluding diaryl/α,β-unsaturated/α-hetero) is 1. The molecule has 156 valence electrons. The first-order valence-electron chi connectivity index (χ1n) is 7.95. The number of ketones is 1. The molecule has 2 rings (SSSR count). The summed E-state index contributed by atoms with van der Waals surface area (Å²) in [6.45, 7) is -1.59. The quantitative estimate of drug-likeness (QED) is 0.375. The van der Waals surface area contributed by atoms with Gasteiger partial charge in [0.05, 0.1) is 4.90 Å². The van der Waals surface area contributed by atoms with Crippen molar-refractivity contribution < 1.29 is 22.7 Å². The van der Waals surface area contributed by atoms with Gasteiger partial charge in [0.2, 0.25) is 15.8 Å². The van der Waals surface area contributed by atoms with E-state index in [1.807, 2.05) is 4.72 Å². The number of carbonyl (C=O) groups excluding carboxylic acids is 2. The molecule has 0 aliphatic heterocycles. The molecule has 13 heteroatoms. The van der Waals surface area contributed by atoms with Crippen molar-refractivity contribution in [2.24, 2.45) is 14.1 Å². The minimum atomic E-state index is -3.98. The van der Waals surface area contributed by atoms with Crippen LogP contribution in [0.1, 0.15) is 10.4 Å². The van der Waals surface area contributed by atoms with E-state index in [2.05, 4.69) is 15.9 Å². The van der Waals surface area contributed by atoms with E-state index in [-0.39, 0.29) is 10.7 Å². The minimum absolute atomic E-state index is 0.0720. The number of ether oxygens (including phenoxy) is 1. The van der Waals surface area contributed by atoms with Gasteiger partial charge in [-0.25, -0.2) is 13.2 Å². The normalized spacial score (nSPS) is 11.3. The largest absolute Gasteiger partial charge is 0.456 e. The van der Waals surface area contributed by atoms with Gasteiger partial charge in [-0.15, -0.1) is 0 Å². The van der Waals surface area contributed by atoms with Crippen LogP contribution in [0.25, 0.3) is 0 Å². The zero-order valence-electron chi connectivity index (χ0n) is 15.3. The lowest BCUT2D eigenvalue weighted by molar-refractivity contribution is -0.141. The highest BCUT2D eigenvalue weighted by atomic mass is 79.9. The molecule has 0 saturated carbocycles. The summed E-state index contributed by atoms with van der Waals surface area (Å²) < 4.78 is 33.2. The second-order valence-electron chi connectivity index (χ2n) is 5.83. The van der Waals surface area contributed by atoms with E-state index < -0.39 is 51.7 Å². The molecular formula is C16H17BrN4O7S. The van der Waals surface area contributed by atoms with Crippen molar-refractivity contribution in [1.29, 1.82) is 0 Å². The summed E-state index contributed by atoms with van der Waals surface area (Å²) in [5, 5.41) is 0. The number of benzene rings is 1. The number of esters is 1. The number of nitrogens with one attached hydrogen (secondary N) is 1. The van der Waals surface area contributed by atoms with E-state index in [1.54, 1.807) is 6.07 Å². The summed E-state index contributed by atoms with van der Waals surface area (Å²) in [5.41, 5.74) is 3.49. The molecule has 29 heavy (non-hydrogen) atoms. The zero-order chi connectivity index (χ0) is 21.9. The van der Waals surface area contributed by atoms with Crippen molar-refractivity contribution in [2.45, 2.75) is 4.90 Å². The second-order valence-corrected chi connectivity index (χ2v) is 8.51. The van der Waals surface area contributed by atoms with Gasteiger partial charge in [0.25, 0.3) is 5.56 Å². The van der Waals surface area contributed by atoms with Crippen LogP contribution in [-0.4, -0.2) is 42.5 Å². The molecule has 0 amide bonds. The summed E-state index contributed by atoms with van der Waals surface area (Å²) in [7, 11) is -1.53. The Morgan fingerprint density at radius 1 is 1.21 bits per heavy atom. The molecule has 0 aliphatic carbocycles. The predicted octanol–water partition coefficient (Wildman–Crippen LogP) is -0.867. The first-order valence-corrected chi connectivity index (χ1v) is 10.2. The van der Waals surface area contributed by atoms with Gasteiger partial charge in [-0.2, -0.15) is 4.72 Å². The Morgan fingerprint density at radius 3 is 2.48 bits per heavy atom. The third kappa shape index (κ3) is 4.99. The van der Waals surface area contributed by atoms with Crippen molar-refractivity contribution >= 4 is 43.5 Å². The number of rotatable bonds is 7. The lowest BCUT2D eigenvalue weighted by Crippen LogP contribution is -2.42. The highest BCUT2D eigenvalue weighted by molar-refractivity contribution is 9.10. The lowest BCUT2D eigenvalue weighted by Gasteiger charge is -2.11. The van der Waals surface area contributed by atoms with E-state index >= 15 is 0 Å². The zero-order valence-corrected chi connectivity index (χ0v) is 17.7. The van der Waals surface area contributed by atoms with E-state index in [0.29, 0.717) is 9.04 Å². The fourth-order valence-electron chi connectivity index (χ4n) is 2.26. The van der Waals surface area contributed by atoms with Crippen LogP contribution in [0.3, 0.4) is 0 Å². The first-order chi connectivity index (χ1) is 13.5. The number of nitrogen functional groups attached to an aromatic ring is 1. The molecule has 0 atom stereocenters. The van der Waals surface area contributed by atoms with Crippen molar-refractivity contribution in [3.63, 3.8) is 0 Å². The van der Waals surface area contributed by atoms with Crippen LogP contribution in [0.15, 0.2) is 43.2 Å². The molecule has 0 radical (unpaired) electrons. The fraction of sp³-hybridized carbons (Fsp3) is 0.250. The highest BCUT2D eigenvalue weighted by Gasteiger charge is 2.22. The van der Waals surface area contributed by atoms with E-state index in [9.17, 15) is 27.6 Å². The number of anilines is 1. The maximum Gasteiger partial charge on any atom is 0.332 e. The van der Waals surface area contributed by atoms with Crippen molar-refractivity contribution in [3.05, 3.63) is 55.1 Å². The Kier molecular flexibility index (Phi) is 6.77. The van der Waals surface area contributed by atoms with Gasteiger partial charge in [-0.3, -0.25) is 23.5 Å². The molecule has 0 spiro atoms. The van der Waals surface area contributed by atoms with Crippen molar-refractivity contribution in [2.75, 3.05) is 18.9 Å². The van der Waals surface area contributed by atoms with Gasteiger partial charge in [-0.05, 0) is 18.2 Å². The molecule has 3 N–H and O–H groups in total. The number of hydrogen-bond acceptors (Lipinski definition) is 8. The number of carbonyl (C=O) groups is 2. The smallest absolute Gasteiger partial charge is 0.332 e. The van der Waals surface area contributed by atoms with E-state index in [1.165, 1.54) is 32.3 Å². The molecule has 11 nitrogen and oxygen atoms in total. The summed E-state index contributed by atoms with van der Waals surface area (Å²) in [4.78, 5) is 47.8. The number of aromatic nitrogens is 2. The van der Waals surface area contributed by atoms with Gasteiger partial charge >= 0.3 is 11.7 Å². The topological polar surface area (TPSA) is 160 Å². The van der Waals surface area contributed by atoms with Gasteiger partial charge in [0, 0.05) is 18.6 Å². The number of hydrogen-bond donors (Lipinski definition) is 2. The summed E-state index contributed by atoms with van der Waals surface area (Å²) in [6, 6.07) is 5.82. The molecule has 1 aromatic heterocycles. The van der Waals surface area contributed by atoms with Crippen molar-refractivity contribution in [1.82, 2.24) is 13.9 Å². The molecular weight excluding hydrogens is 472 g/mol. The molecule has 0 aliphatic rings. The lowest BCUT2D eigenvalue weighted by atomic mass is 10.2. The van der Waals surface area contributed by atoms with E-state index in [4.69, 9.17) is 10.5 Å². The molecule has 0 bridgehead atoms. The predicted molar refractivity (Wildman–Crippen MR) is 106 cm³/mol. The summed E-state index contributed by atoms with van der Waals surface area (Å²) in [5.74, 6) is -2.34. The standard InChI is InChI=1S/C16H17BrN4O7S/c1-20-14(18)13(15(24)21(2)16(20)25)11(22)8-28-12(23)7-19-29(26,27)10-5-3-4-9(17)6-10/h3-6,19H,7-8,18H2,1-2H3. The summed E-state index contributed by atoms with van der Waals surface area (Å²) in [6.07, 6.45) is 0. The molecule has 1 heterocycles. The number of nitrogens with zero attached hydrogens (tertiary/aromatic N) is 2. The van der Waals surface area contributed by atoms with Gasteiger partial charge < -0.3 is 10.5 Å². The average molecular weight is 489 g/mol. The maximum atomic E-state index is 12.2. The Morgan fingerprint density at radius 2 is 1.86 bits per heavy atom. The molecule has 0 unspecified atom stereocenters. The van der Waals surface area contributed by atoms with E-state index in [0.717, 1.165) is 4.57 Å². The molecule has 2 aromatic rings. The van der Waals surface area contributed by atoms with Crippen LogP contribution in [-0.2, 0) is 33.7 Å². The third-order valence-corrected chi connectivity index (χ3v) is 5.76.